The molecule has 2 heterocycles. The van der Waals surface area contributed by atoms with Crippen molar-refractivity contribution in [2.75, 3.05) is 7.11 Å². The van der Waals surface area contributed by atoms with Gasteiger partial charge in [-0.3, -0.25) is 4.79 Å². The van der Waals surface area contributed by atoms with E-state index in [2.05, 4.69) is 20.3 Å². The van der Waals surface area contributed by atoms with Crippen molar-refractivity contribution in [2.45, 2.75) is 19.9 Å². The number of nitrogens with zero attached hydrogens (tertiary/aromatic N) is 4. The van der Waals surface area contributed by atoms with E-state index in [-0.39, 0.29) is 5.91 Å². The van der Waals surface area contributed by atoms with Crippen LogP contribution in [0.3, 0.4) is 0 Å². The van der Waals surface area contributed by atoms with Gasteiger partial charge in [0.25, 0.3) is 5.91 Å². The highest BCUT2D eigenvalue weighted by Crippen LogP contribution is 2.24. The zero-order valence-electron chi connectivity index (χ0n) is 17.4. The molecule has 1 amide bonds. The fraction of sp³-hybridized carbons (Fsp3) is 0.217. The van der Waals surface area contributed by atoms with Crippen LogP contribution in [0.1, 0.15) is 39.2 Å². The summed E-state index contributed by atoms with van der Waals surface area (Å²) in [6.45, 7) is 3.84. The monoisotopic (exact) mass is 401 g/mol. The summed E-state index contributed by atoms with van der Waals surface area (Å²) in [6, 6.07) is 12.5. The normalized spacial score (nSPS) is 12.0. The van der Waals surface area contributed by atoms with E-state index in [1.807, 2.05) is 62.0 Å². The van der Waals surface area contributed by atoms with E-state index in [0.29, 0.717) is 11.1 Å². The third kappa shape index (κ3) is 3.74. The zero-order valence-corrected chi connectivity index (χ0v) is 17.4. The first kappa shape index (κ1) is 19.6. The molecule has 7 nitrogen and oxygen atoms in total. The molecule has 4 aromatic rings. The van der Waals surface area contributed by atoms with E-state index < -0.39 is 6.04 Å². The molecule has 4 rings (SSSR count). The molecule has 0 aliphatic rings. The predicted octanol–water partition coefficient (Wildman–Crippen LogP) is 3.51. The molecule has 0 spiro atoms. The van der Waals surface area contributed by atoms with Gasteiger partial charge in [-0.05, 0) is 49.7 Å². The van der Waals surface area contributed by atoms with Crippen molar-refractivity contribution in [3.63, 3.8) is 0 Å². The first-order valence-electron chi connectivity index (χ1n) is 9.63. The van der Waals surface area contributed by atoms with E-state index in [1.165, 1.54) is 0 Å². The quantitative estimate of drug-likeness (QED) is 0.553. The third-order valence-corrected chi connectivity index (χ3v) is 5.18. The molecule has 0 fully saturated rings. The predicted molar refractivity (Wildman–Crippen MR) is 115 cm³/mol. The molecule has 30 heavy (non-hydrogen) atoms. The molecule has 7 heteroatoms. The number of rotatable bonds is 5. The van der Waals surface area contributed by atoms with Crippen LogP contribution in [0.15, 0.2) is 54.9 Å². The summed E-state index contributed by atoms with van der Waals surface area (Å²) >= 11 is 0. The Morgan fingerprint density at radius 3 is 2.37 bits per heavy atom. The summed E-state index contributed by atoms with van der Waals surface area (Å²) in [4.78, 5) is 26.7. The van der Waals surface area contributed by atoms with Crippen LogP contribution >= 0.6 is 0 Å². The first-order valence-corrected chi connectivity index (χ1v) is 9.63. The van der Waals surface area contributed by atoms with Crippen LogP contribution in [0.2, 0.25) is 0 Å². The van der Waals surface area contributed by atoms with Crippen LogP contribution in [0.4, 0.5) is 0 Å². The maximum Gasteiger partial charge on any atom is 0.252 e. The van der Waals surface area contributed by atoms with Gasteiger partial charge in [-0.25, -0.2) is 15.0 Å². The Labute approximate surface area is 174 Å². The van der Waals surface area contributed by atoms with Gasteiger partial charge in [0.2, 0.25) is 0 Å². The van der Waals surface area contributed by atoms with Crippen LogP contribution in [0, 0.1) is 13.8 Å². The van der Waals surface area contributed by atoms with Crippen LogP contribution in [-0.4, -0.2) is 32.5 Å². The van der Waals surface area contributed by atoms with Crippen LogP contribution in [-0.2, 0) is 7.05 Å². The molecule has 2 aromatic carbocycles. The van der Waals surface area contributed by atoms with Crippen molar-refractivity contribution in [2.24, 2.45) is 7.05 Å². The Hall–Kier alpha value is -3.74. The minimum absolute atomic E-state index is 0.208. The van der Waals surface area contributed by atoms with E-state index in [1.54, 1.807) is 25.4 Å². The molecule has 1 atom stereocenters. The lowest BCUT2D eigenvalue weighted by atomic mass is 10.0. The average Bonchev–Trinajstić information content (AvgIpc) is 3.18. The molecular weight excluding hydrogens is 378 g/mol. The molecule has 0 bridgehead atoms. The molecule has 152 valence electrons. The number of nitrogens with one attached hydrogen (secondary N) is 1. The number of methoxy groups -OCH3 is 1. The maximum atomic E-state index is 13.1. The van der Waals surface area contributed by atoms with Crippen molar-refractivity contribution in [3.8, 4) is 5.75 Å². The van der Waals surface area contributed by atoms with Crippen molar-refractivity contribution >= 4 is 16.9 Å². The Morgan fingerprint density at radius 1 is 1.03 bits per heavy atom. The lowest BCUT2D eigenvalue weighted by Gasteiger charge is -2.19. The average molecular weight is 401 g/mol. The highest BCUT2D eigenvalue weighted by atomic mass is 16.5. The Kier molecular flexibility index (Phi) is 5.18. The molecule has 1 N–H and O–H groups in total. The standard InChI is InChI=1S/C23H23N5O2/c1-14-15(2)26-20-13-17(7-10-19(20)25-14)23(29)27-21(22-24-11-12-28(22)3)16-5-8-18(30-4)9-6-16/h5-13,21H,1-4H3,(H,27,29). The van der Waals surface area contributed by atoms with Gasteiger partial charge in [-0.15, -0.1) is 0 Å². The summed E-state index contributed by atoms with van der Waals surface area (Å²) in [5, 5.41) is 3.11. The third-order valence-electron chi connectivity index (χ3n) is 5.18. The number of benzene rings is 2. The lowest BCUT2D eigenvalue weighted by molar-refractivity contribution is 0.0941. The Bertz CT molecular complexity index is 1210. The van der Waals surface area contributed by atoms with E-state index in [0.717, 1.165) is 34.0 Å². The van der Waals surface area contributed by atoms with Crippen LogP contribution in [0.25, 0.3) is 11.0 Å². The van der Waals surface area contributed by atoms with Gasteiger partial charge in [0.1, 0.15) is 17.6 Å². The van der Waals surface area contributed by atoms with E-state index >= 15 is 0 Å². The summed E-state index contributed by atoms with van der Waals surface area (Å²) in [5.74, 6) is 1.28. The lowest BCUT2D eigenvalue weighted by Crippen LogP contribution is -2.31. The van der Waals surface area contributed by atoms with Gasteiger partial charge < -0.3 is 14.6 Å². The number of aryl methyl sites for hydroxylation is 3. The number of hydrogen-bond acceptors (Lipinski definition) is 5. The number of aromatic nitrogens is 4. The zero-order chi connectivity index (χ0) is 21.3. The number of imidazole rings is 1. The van der Waals surface area contributed by atoms with Crippen molar-refractivity contribution in [1.29, 1.82) is 0 Å². The molecular formula is C23H23N5O2. The first-order chi connectivity index (χ1) is 14.5. The SMILES string of the molecule is COc1ccc(C(NC(=O)c2ccc3nc(C)c(C)nc3c2)c2nccn2C)cc1. The maximum absolute atomic E-state index is 13.1. The van der Waals surface area contributed by atoms with Gasteiger partial charge >= 0.3 is 0 Å². The fourth-order valence-electron chi connectivity index (χ4n) is 3.33. The number of ether oxygens (including phenoxy) is 1. The molecule has 2 aromatic heterocycles. The topological polar surface area (TPSA) is 81.9 Å². The van der Waals surface area contributed by atoms with Gasteiger partial charge in [-0.2, -0.15) is 0 Å². The number of hydrogen-bond donors (Lipinski definition) is 1. The van der Waals surface area contributed by atoms with E-state index in [9.17, 15) is 4.79 Å². The number of carbonyl (C=O) groups is 1. The minimum Gasteiger partial charge on any atom is -0.497 e. The summed E-state index contributed by atoms with van der Waals surface area (Å²) in [6.07, 6.45) is 3.57. The van der Waals surface area contributed by atoms with Crippen molar-refractivity contribution < 1.29 is 9.53 Å². The number of carbonyl (C=O) groups excluding carboxylic acids is 1. The molecule has 0 aliphatic heterocycles. The van der Waals surface area contributed by atoms with Gasteiger partial charge in [0.15, 0.2) is 0 Å². The second-order valence-corrected chi connectivity index (χ2v) is 7.17. The van der Waals surface area contributed by atoms with Gasteiger partial charge in [0.05, 0.1) is 29.5 Å². The highest BCUT2D eigenvalue weighted by Gasteiger charge is 2.22. The Morgan fingerprint density at radius 2 is 1.73 bits per heavy atom. The molecule has 0 saturated heterocycles. The molecule has 0 aliphatic carbocycles. The highest BCUT2D eigenvalue weighted by molar-refractivity contribution is 5.97. The van der Waals surface area contributed by atoms with Gasteiger partial charge in [-0.1, -0.05) is 12.1 Å². The fourth-order valence-corrected chi connectivity index (χ4v) is 3.33. The van der Waals surface area contributed by atoms with E-state index in [4.69, 9.17) is 4.74 Å². The number of amides is 1. The smallest absolute Gasteiger partial charge is 0.252 e. The largest absolute Gasteiger partial charge is 0.497 e. The molecule has 1 unspecified atom stereocenters. The van der Waals surface area contributed by atoms with Crippen molar-refractivity contribution in [3.05, 3.63) is 83.2 Å². The summed E-state index contributed by atoms with van der Waals surface area (Å²) in [7, 11) is 3.53. The summed E-state index contributed by atoms with van der Waals surface area (Å²) < 4.78 is 7.15. The van der Waals surface area contributed by atoms with Crippen LogP contribution in [0.5, 0.6) is 5.75 Å². The van der Waals surface area contributed by atoms with Gasteiger partial charge in [0, 0.05) is 25.0 Å². The Balaban J connectivity index is 1.68. The second kappa shape index (κ2) is 7.94. The van der Waals surface area contributed by atoms with Crippen LogP contribution < -0.4 is 10.1 Å². The van der Waals surface area contributed by atoms with Crippen molar-refractivity contribution in [1.82, 2.24) is 24.8 Å². The molecule has 0 radical (unpaired) electrons. The minimum atomic E-state index is -0.412. The molecule has 0 saturated carbocycles. The number of fused-ring (bicyclic) bond motifs is 1. The second-order valence-electron chi connectivity index (χ2n) is 7.17. The summed E-state index contributed by atoms with van der Waals surface area (Å²) in [5.41, 5.74) is 4.63.